The predicted molar refractivity (Wildman–Crippen MR) is 79.8 cm³/mol. The fourth-order valence-corrected chi connectivity index (χ4v) is 2.09. The van der Waals surface area contributed by atoms with Gasteiger partial charge in [0.2, 0.25) is 0 Å². The van der Waals surface area contributed by atoms with Crippen molar-refractivity contribution in [3.63, 3.8) is 0 Å². The molecule has 0 saturated heterocycles. The summed E-state index contributed by atoms with van der Waals surface area (Å²) in [6.45, 7) is 2.04. The normalized spacial score (nSPS) is 10.7. The van der Waals surface area contributed by atoms with E-state index in [1.807, 2.05) is 31.2 Å². The van der Waals surface area contributed by atoms with E-state index in [4.69, 9.17) is 10.3 Å². The Bertz CT molecular complexity index is 752. The van der Waals surface area contributed by atoms with E-state index in [0.717, 1.165) is 5.56 Å². The maximum absolute atomic E-state index is 5.81. The van der Waals surface area contributed by atoms with Crippen LogP contribution in [-0.2, 0) is 0 Å². The summed E-state index contributed by atoms with van der Waals surface area (Å²) in [5.74, 6) is 0.984. The lowest BCUT2D eigenvalue weighted by Gasteiger charge is -1.99. The molecule has 0 fully saturated rings. The molecule has 0 radical (unpaired) electrons. The van der Waals surface area contributed by atoms with Crippen molar-refractivity contribution >= 4 is 21.7 Å². The van der Waals surface area contributed by atoms with Crippen molar-refractivity contribution in [1.82, 2.24) is 15.1 Å². The van der Waals surface area contributed by atoms with E-state index in [-0.39, 0.29) is 0 Å². The lowest BCUT2D eigenvalue weighted by atomic mass is 10.1. The number of rotatable bonds is 2. The third kappa shape index (κ3) is 2.42. The van der Waals surface area contributed by atoms with E-state index in [1.165, 1.54) is 5.56 Å². The van der Waals surface area contributed by atoms with Gasteiger partial charge in [-0.05, 0) is 22.9 Å². The first-order chi connectivity index (χ1) is 9.63. The number of nitrogens with zero attached hydrogens (tertiary/aromatic N) is 3. The summed E-state index contributed by atoms with van der Waals surface area (Å²) in [5, 5.41) is 4.01. The molecule has 0 aliphatic carbocycles. The van der Waals surface area contributed by atoms with Crippen LogP contribution < -0.4 is 5.73 Å². The number of hydrogen-bond acceptors (Lipinski definition) is 5. The molecule has 2 heterocycles. The number of halogens is 1. The molecule has 6 heteroatoms. The predicted octanol–water partition coefficient (Wildman–Crippen LogP) is 3.45. The third-order valence-corrected chi connectivity index (χ3v) is 3.24. The minimum absolute atomic E-state index is 0.317. The molecule has 0 spiro atoms. The monoisotopic (exact) mass is 330 g/mol. The Morgan fingerprint density at radius 3 is 2.70 bits per heavy atom. The average Bonchev–Trinajstić information content (AvgIpc) is 2.92. The van der Waals surface area contributed by atoms with Gasteiger partial charge in [0.05, 0.1) is 6.20 Å². The van der Waals surface area contributed by atoms with Crippen molar-refractivity contribution in [1.29, 1.82) is 0 Å². The molecule has 20 heavy (non-hydrogen) atoms. The van der Waals surface area contributed by atoms with E-state index in [1.54, 1.807) is 12.3 Å². The topological polar surface area (TPSA) is 77.8 Å². The van der Waals surface area contributed by atoms with Crippen molar-refractivity contribution < 1.29 is 4.52 Å². The van der Waals surface area contributed by atoms with Crippen LogP contribution in [0.5, 0.6) is 0 Å². The number of hydrogen-bond donors (Lipinski definition) is 1. The molecular formula is C14H11BrN4O. The SMILES string of the molecule is Cc1ccc(-c2cc(-c3nc(Br)cnc3N)no2)cc1. The molecule has 2 N–H and O–H groups in total. The van der Waals surface area contributed by atoms with E-state index < -0.39 is 0 Å². The van der Waals surface area contributed by atoms with E-state index >= 15 is 0 Å². The molecule has 3 rings (SSSR count). The number of aromatic nitrogens is 3. The van der Waals surface area contributed by atoms with E-state index in [9.17, 15) is 0 Å². The van der Waals surface area contributed by atoms with Crippen LogP contribution in [0, 0.1) is 6.92 Å². The molecule has 2 aromatic heterocycles. The van der Waals surface area contributed by atoms with E-state index in [0.29, 0.717) is 27.6 Å². The second-order valence-corrected chi connectivity index (χ2v) is 5.18. The van der Waals surface area contributed by atoms with Crippen LogP contribution >= 0.6 is 15.9 Å². The number of benzene rings is 1. The fourth-order valence-electron chi connectivity index (χ4n) is 1.81. The lowest BCUT2D eigenvalue weighted by molar-refractivity contribution is 0.434. The summed E-state index contributed by atoms with van der Waals surface area (Å²) < 4.78 is 5.95. The van der Waals surface area contributed by atoms with Gasteiger partial charge in [-0.2, -0.15) is 0 Å². The minimum atomic E-state index is 0.317. The third-order valence-electron chi connectivity index (χ3n) is 2.86. The van der Waals surface area contributed by atoms with Crippen molar-refractivity contribution in [3.05, 3.63) is 46.7 Å². The molecule has 1 aromatic carbocycles. The highest BCUT2D eigenvalue weighted by molar-refractivity contribution is 9.10. The van der Waals surface area contributed by atoms with Gasteiger partial charge in [0.15, 0.2) is 11.6 Å². The zero-order chi connectivity index (χ0) is 14.1. The summed E-state index contributed by atoms with van der Waals surface area (Å²) >= 11 is 3.27. The summed E-state index contributed by atoms with van der Waals surface area (Å²) in [6, 6.07) is 9.80. The van der Waals surface area contributed by atoms with Gasteiger partial charge in [-0.1, -0.05) is 35.0 Å². The van der Waals surface area contributed by atoms with Crippen LogP contribution in [0.2, 0.25) is 0 Å². The smallest absolute Gasteiger partial charge is 0.167 e. The molecule has 0 atom stereocenters. The van der Waals surface area contributed by atoms with Crippen molar-refractivity contribution in [2.45, 2.75) is 6.92 Å². The second kappa shape index (κ2) is 5.05. The summed E-state index contributed by atoms with van der Waals surface area (Å²) in [6.07, 6.45) is 1.54. The van der Waals surface area contributed by atoms with Crippen LogP contribution in [0.1, 0.15) is 5.56 Å². The number of aryl methyl sites for hydroxylation is 1. The van der Waals surface area contributed by atoms with Gasteiger partial charge in [-0.15, -0.1) is 0 Å². The van der Waals surface area contributed by atoms with Crippen molar-refractivity contribution in [2.24, 2.45) is 0 Å². The van der Waals surface area contributed by atoms with Gasteiger partial charge < -0.3 is 10.3 Å². The first kappa shape index (κ1) is 12.8. The molecule has 0 amide bonds. The highest BCUT2D eigenvalue weighted by Gasteiger charge is 2.13. The van der Waals surface area contributed by atoms with E-state index in [2.05, 4.69) is 31.1 Å². The number of nitrogens with two attached hydrogens (primary N) is 1. The van der Waals surface area contributed by atoms with Gasteiger partial charge in [0.25, 0.3) is 0 Å². The van der Waals surface area contributed by atoms with Gasteiger partial charge in [0, 0.05) is 11.6 Å². The number of anilines is 1. The summed E-state index contributed by atoms with van der Waals surface area (Å²) in [7, 11) is 0. The molecule has 0 aliphatic rings. The Labute approximate surface area is 124 Å². The van der Waals surface area contributed by atoms with Gasteiger partial charge in [-0.25, -0.2) is 9.97 Å². The van der Waals surface area contributed by atoms with Gasteiger partial charge >= 0.3 is 0 Å². The Morgan fingerprint density at radius 1 is 1.20 bits per heavy atom. The zero-order valence-electron chi connectivity index (χ0n) is 10.7. The Hall–Kier alpha value is -2.21. The van der Waals surface area contributed by atoms with Crippen LogP contribution in [0.25, 0.3) is 22.7 Å². The fraction of sp³-hybridized carbons (Fsp3) is 0.0714. The van der Waals surface area contributed by atoms with Crippen LogP contribution in [0.4, 0.5) is 5.82 Å². The largest absolute Gasteiger partial charge is 0.382 e. The summed E-state index contributed by atoms with van der Waals surface area (Å²) in [4.78, 5) is 8.31. The lowest BCUT2D eigenvalue weighted by Crippen LogP contribution is -1.97. The Morgan fingerprint density at radius 2 is 1.95 bits per heavy atom. The van der Waals surface area contributed by atoms with Crippen LogP contribution in [0.15, 0.2) is 45.7 Å². The highest BCUT2D eigenvalue weighted by Crippen LogP contribution is 2.28. The molecule has 100 valence electrons. The van der Waals surface area contributed by atoms with Gasteiger partial charge in [0.1, 0.15) is 16.0 Å². The maximum Gasteiger partial charge on any atom is 0.167 e. The quantitative estimate of drug-likeness (QED) is 0.778. The average molecular weight is 331 g/mol. The molecule has 0 aliphatic heterocycles. The van der Waals surface area contributed by atoms with Crippen molar-refractivity contribution in [3.8, 4) is 22.7 Å². The second-order valence-electron chi connectivity index (χ2n) is 4.37. The zero-order valence-corrected chi connectivity index (χ0v) is 12.3. The molecular weight excluding hydrogens is 320 g/mol. The van der Waals surface area contributed by atoms with Crippen LogP contribution in [0.3, 0.4) is 0 Å². The summed E-state index contributed by atoms with van der Waals surface area (Å²) in [5.41, 5.74) is 9.02. The Balaban J connectivity index is 2.01. The first-order valence-corrected chi connectivity index (χ1v) is 6.75. The molecule has 0 unspecified atom stereocenters. The standard InChI is InChI=1S/C14H11BrN4O/c1-8-2-4-9(5-3-8)11-6-10(19-20-11)13-14(16)17-7-12(15)18-13/h2-7H,1H3,(H2,16,17). The molecule has 0 saturated carbocycles. The molecule has 3 aromatic rings. The van der Waals surface area contributed by atoms with Crippen molar-refractivity contribution in [2.75, 3.05) is 5.73 Å². The van der Waals surface area contributed by atoms with Gasteiger partial charge in [-0.3, -0.25) is 0 Å². The highest BCUT2D eigenvalue weighted by atomic mass is 79.9. The first-order valence-electron chi connectivity index (χ1n) is 5.95. The maximum atomic E-state index is 5.81. The Kier molecular flexibility index (Phi) is 3.23. The molecule has 0 bridgehead atoms. The minimum Gasteiger partial charge on any atom is -0.382 e. The number of nitrogen functional groups attached to an aromatic ring is 1. The molecule has 5 nitrogen and oxygen atoms in total. The van der Waals surface area contributed by atoms with Crippen LogP contribution in [-0.4, -0.2) is 15.1 Å².